The van der Waals surface area contributed by atoms with Crippen LogP contribution >= 0.6 is 0 Å². The van der Waals surface area contributed by atoms with Crippen molar-refractivity contribution in [3.8, 4) is 0 Å². The second kappa shape index (κ2) is 21.4. The maximum Gasteiger partial charge on any atom is 0.219 e. The highest BCUT2D eigenvalue weighted by atomic mass is 16.5. The molecule has 0 bridgehead atoms. The Kier molecular flexibility index (Phi) is 19.3. The van der Waals surface area contributed by atoms with Crippen molar-refractivity contribution < 1.29 is 19.1 Å². The first-order valence-corrected chi connectivity index (χ1v) is 14.5. The lowest BCUT2D eigenvalue weighted by Crippen LogP contribution is -2.24. The number of hydrogen-bond acceptors (Lipinski definition) is 4. The zero-order valence-corrected chi connectivity index (χ0v) is 23.5. The number of rotatable bonds is 25. The van der Waals surface area contributed by atoms with Gasteiger partial charge in [0.15, 0.2) is 0 Å². The molecule has 1 unspecified atom stereocenters. The number of amides is 2. The van der Waals surface area contributed by atoms with Gasteiger partial charge in [0.25, 0.3) is 0 Å². The first-order valence-electron chi connectivity index (χ1n) is 14.5. The molecule has 0 aromatic rings. The third-order valence-electron chi connectivity index (χ3n) is 6.84. The van der Waals surface area contributed by atoms with Gasteiger partial charge in [-0.3, -0.25) is 9.59 Å². The molecule has 2 amide bonds. The molecular formula is C30H54N2O4. The lowest BCUT2D eigenvalue weighted by molar-refractivity contribution is -0.122. The maximum absolute atomic E-state index is 11.8. The third kappa shape index (κ3) is 16.2. The van der Waals surface area contributed by atoms with Gasteiger partial charge >= 0.3 is 0 Å². The lowest BCUT2D eigenvalue weighted by atomic mass is 9.91. The summed E-state index contributed by atoms with van der Waals surface area (Å²) in [4.78, 5) is 23.6. The minimum absolute atomic E-state index is 0.166. The van der Waals surface area contributed by atoms with Crippen LogP contribution in [-0.2, 0) is 19.1 Å². The largest absolute Gasteiger partial charge is 0.385 e. The van der Waals surface area contributed by atoms with E-state index in [0.29, 0.717) is 39.1 Å². The predicted octanol–water partition coefficient (Wildman–Crippen LogP) is 6.26. The number of ether oxygens (including phenoxy) is 2. The van der Waals surface area contributed by atoms with E-state index in [4.69, 9.17) is 9.47 Å². The van der Waals surface area contributed by atoms with Gasteiger partial charge in [0.2, 0.25) is 11.8 Å². The van der Waals surface area contributed by atoms with Gasteiger partial charge in [0.05, 0.1) is 0 Å². The number of carbonyl (C=O) groups excluding carboxylic acids is 2. The second-order valence-corrected chi connectivity index (χ2v) is 10.1. The maximum atomic E-state index is 11.8. The molecule has 0 saturated carbocycles. The molecule has 0 aliphatic heterocycles. The zero-order chi connectivity index (χ0) is 26.3. The van der Waals surface area contributed by atoms with Crippen LogP contribution in [0, 0.1) is 5.41 Å². The monoisotopic (exact) mass is 506 g/mol. The number of unbranched alkanes of at least 4 members (excludes halogenated alkanes) is 7. The molecule has 1 aliphatic carbocycles. The molecule has 0 fully saturated rings. The van der Waals surface area contributed by atoms with E-state index in [1.165, 1.54) is 44.9 Å². The first kappa shape index (κ1) is 32.4. The van der Waals surface area contributed by atoms with Crippen LogP contribution in [0.5, 0.6) is 0 Å². The second-order valence-electron chi connectivity index (χ2n) is 10.1. The summed E-state index contributed by atoms with van der Waals surface area (Å²) in [7, 11) is 3.37. The van der Waals surface area contributed by atoms with E-state index >= 15 is 0 Å². The molecule has 0 spiro atoms. The summed E-state index contributed by atoms with van der Waals surface area (Å²) in [6.07, 6.45) is 24.1. The SMILES string of the molecule is CCCC1(/C=C/CCCCCCC(=O)NCCCOC)C=C1CCCCCCC(=O)NCCCOC. The number of allylic oxidation sites excluding steroid dienone is 4. The van der Waals surface area contributed by atoms with Gasteiger partial charge in [-0.25, -0.2) is 0 Å². The Hall–Kier alpha value is -1.66. The molecule has 0 aromatic heterocycles. The van der Waals surface area contributed by atoms with Crippen LogP contribution in [0.3, 0.4) is 0 Å². The van der Waals surface area contributed by atoms with Crippen LogP contribution in [-0.4, -0.2) is 52.3 Å². The van der Waals surface area contributed by atoms with E-state index in [1.54, 1.807) is 19.8 Å². The molecule has 0 radical (unpaired) electrons. The molecule has 1 atom stereocenters. The fourth-order valence-corrected chi connectivity index (χ4v) is 4.68. The summed E-state index contributed by atoms with van der Waals surface area (Å²) in [5.74, 6) is 0.335. The van der Waals surface area contributed by atoms with Crippen LogP contribution in [0.2, 0.25) is 0 Å². The summed E-state index contributed by atoms with van der Waals surface area (Å²) in [6, 6.07) is 0. The van der Waals surface area contributed by atoms with Crippen molar-refractivity contribution in [2.75, 3.05) is 40.5 Å². The van der Waals surface area contributed by atoms with Gasteiger partial charge in [-0.05, 0) is 57.8 Å². The van der Waals surface area contributed by atoms with Crippen LogP contribution < -0.4 is 10.6 Å². The Balaban J connectivity index is 2.05. The van der Waals surface area contributed by atoms with Crippen molar-refractivity contribution in [2.24, 2.45) is 5.41 Å². The molecule has 0 heterocycles. The third-order valence-corrected chi connectivity index (χ3v) is 6.84. The van der Waals surface area contributed by atoms with Gasteiger partial charge in [-0.1, -0.05) is 62.8 Å². The number of nitrogens with one attached hydrogen (secondary N) is 2. The number of hydrogen-bond donors (Lipinski definition) is 2. The Morgan fingerprint density at radius 1 is 0.806 bits per heavy atom. The van der Waals surface area contributed by atoms with E-state index in [1.807, 2.05) is 0 Å². The Labute approximate surface area is 221 Å². The molecule has 208 valence electrons. The Morgan fingerprint density at radius 3 is 1.92 bits per heavy atom. The normalized spacial score (nSPS) is 16.8. The van der Waals surface area contributed by atoms with Gasteiger partial charge in [-0.15, -0.1) is 0 Å². The fraction of sp³-hybridized carbons (Fsp3) is 0.800. The molecule has 1 rings (SSSR count). The molecule has 0 saturated heterocycles. The minimum Gasteiger partial charge on any atom is -0.385 e. The summed E-state index contributed by atoms with van der Waals surface area (Å²) in [5, 5.41) is 5.91. The van der Waals surface area contributed by atoms with E-state index in [2.05, 4.69) is 35.8 Å². The Morgan fingerprint density at radius 2 is 1.36 bits per heavy atom. The van der Waals surface area contributed by atoms with E-state index in [-0.39, 0.29) is 17.2 Å². The van der Waals surface area contributed by atoms with Crippen LogP contribution in [0.4, 0.5) is 0 Å². The Bertz CT molecular complexity index is 647. The van der Waals surface area contributed by atoms with Crippen molar-refractivity contribution in [1.29, 1.82) is 0 Å². The molecule has 1 aliphatic rings. The van der Waals surface area contributed by atoms with Crippen molar-refractivity contribution in [3.63, 3.8) is 0 Å². The van der Waals surface area contributed by atoms with Gasteiger partial charge < -0.3 is 20.1 Å². The number of methoxy groups -OCH3 is 2. The molecule has 0 aromatic carbocycles. The van der Waals surface area contributed by atoms with Crippen LogP contribution in [0.25, 0.3) is 0 Å². The molecule has 36 heavy (non-hydrogen) atoms. The molecule has 6 nitrogen and oxygen atoms in total. The molecule has 6 heteroatoms. The minimum atomic E-state index is 0.166. The fourth-order valence-electron chi connectivity index (χ4n) is 4.68. The van der Waals surface area contributed by atoms with Crippen molar-refractivity contribution >= 4 is 11.8 Å². The van der Waals surface area contributed by atoms with Crippen LogP contribution in [0.1, 0.15) is 110 Å². The highest BCUT2D eigenvalue weighted by Crippen LogP contribution is 2.52. The van der Waals surface area contributed by atoms with E-state index in [9.17, 15) is 9.59 Å². The van der Waals surface area contributed by atoms with Gasteiger partial charge in [0, 0.05) is 58.8 Å². The van der Waals surface area contributed by atoms with E-state index < -0.39 is 0 Å². The average Bonchev–Trinajstić information content (AvgIpc) is 3.55. The molecular weight excluding hydrogens is 452 g/mol. The zero-order valence-electron chi connectivity index (χ0n) is 23.5. The summed E-state index contributed by atoms with van der Waals surface area (Å²) in [6.45, 7) is 5.09. The summed E-state index contributed by atoms with van der Waals surface area (Å²) < 4.78 is 9.99. The first-order chi connectivity index (χ1) is 17.6. The van der Waals surface area contributed by atoms with E-state index in [0.717, 1.165) is 44.9 Å². The van der Waals surface area contributed by atoms with Crippen LogP contribution in [0.15, 0.2) is 23.8 Å². The summed E-state index contributed by atoms with van der Waals surface area (Å²) in [5.41, 5.74) is 1.88. The van der Waals surface area contributed by atoms with Gasteiger partial charge in [-0.2, -0.15) is 0 Å². The standard InChI is InChI=1S/C30H54N2O4/c1-4-20-30(21-14-10-6-5-7-12-18-28(33)31-22-15-24-35-2)26-27(30)17-11-8-9-13-19-29(34)32-23-16-25-36-3/h14,21,26H,4-13,15-20,22-25H2,1-3H3,(H,31,33)(H,32,34)/b21-14+. The van der Waals surface area contributed by atoms with Crippen molar-refractivity contribution in [1.82, 2.24) is 10.6 Å². The topological polar surface area (TPSA) is 76.7 Å². The quantitative estimate of drug-likeness (QED) is 0.113. The highest BCUT2D eigenvalue weighted by molar-refractivity contribution is 5.76. The highest BCUT2D eigenvalue weighted by Gasteiger charge is 2.39. The molecule has 2 N–H and O–H groups in total. The van der Waals surface area contributed by atoms with Crippen molar-refractivity contribution in [2.45, 2.75) is 110 Å². The lowest BCUT2D eigenvalue weighted by Gasteiger charge is -2.13. The van der Waals surface area contributed by atoms with Gasteiger partial charge in [0.1, 0.15) is 0 Å². The summed E-state index contributed by atoms with van der Waals surface area (Å²) >= 11 is 0. The average molecular weight is 507 g/mol. The smallest absolute Gasteiger partial charge is 0.219 e. The number of carbonyl (C=O) groups is 2. The van der Waals surface area contributed by atoms with Crippen molar-refractivity contribution in [3.05, 3.63) is 23.8 Å². The predicted molar refractivity (Wildman–Crippen MR) is 149 cm³/mol.